The van der Waals surface area contributed by atoms with Crippen LogP contribution in [0.25, 0.3) is 0 Å². The zero-order chi connectivity index (χ0) is 13.1. The molecule has 3 nitrogen and oxygen atoms in total. The lowest BCUT2D eigenvalue weighted by molar-refractivity contribution is -0.155. The third-order valence-electron chi connectivity index (χ3n) is 2.98. The summed E-state index contributed by atoms with van der Waals surface area (Å²) in [4.78, 5) is 11.7. The van der Waals surface area contributed by atoms with E-state index in [1.54, 1.807) is 13.0 Å². The summed E-state index contributed by atoms with van der Waals surface area (Å²) in [5.41, 5.74) is -0.532. The SMILES string of the molecule is CCC(C(=O)OC)C(C)(O)c1cccc(Br)c1. The molecule has 17 heavy (non-hydrogen) atoms. The number of ether oxygens (including phenoxy) is 1. The Balaban J connectivity index is 3.11. The average molecular weight is 301 g/mol. The van der Waals surface area contributed by atoms with Crippen molar-refractivity contribution in [3.8, 4) is 0 Å². The Morgan fingerprint density at radius 2 is 2.24 bits per heavy atom. The van der Waals surface area contributed by atoms with Gasteiger partial charge in [0.1, 0.15) is 5.60 Å². The molecule has 2 atom stereocenters. The van der Waals surface area contributed by atoms with E-state index in [1.165, 1.54) is 7.11 Å². The van der Waals surface area contributed by atoms with Gasteiger partial charge in [-0.05, 0) is 31.0 Å². The first kappa shape index (κ1) is 14.2. The molecule has 0 fully saturated rings. The number of benzene rings is 1. The molecule has 1 aromatic rings. The van der Waals surface area contributed by atoms with Crippen LogP contribution in [0.15, 0.2) is 28.7 Å². The van der Waals surface area contributed by atoms with Gasteiger partial charge in [0.25, 0.3) is 0 Å². The Labute approximate surface area is 110 Å². The van der Waals surface area contributed by atoms with Crippen LogP contribution >= 0.6 is 15.9 Å². The van der Waals surface area contributed by atoms with Crippen molar-refractivity contribution in [1.29, 1.82) is 0 Å². The van der Waals surface area contributed by atoms with Crippen molar-refractivity contribution in [2.75, 3.05) is 7.11 Å². The third-order valence-corrected chi connectivity index (χ3v) is 3.47. The molecule has 4 heteroatoms. The zero-order valence-electron chi connectivity index (χ0n) is 10.2. The van der Waals surface area contributed by atoms with Crippen LogP contribution in [0.1, 0.15) is 25.8 Å². The summed E-state index contributed by atoms with van der Waals surface area (Å²) < 4.78 is 5.60. The Morgan fingerprint density at radius 3 is 2.71 bits per heavy atom. The third kappa shape index (κ3) is 3.07. The van der Waals surface area contributed by atoms with E-state index in [1.807, 2.05) is 25.1 Å². The number of methoxy groups -OCH3 is 1. The lowest BCUT2D eigenvalue weighted by atomic mass is 9.81. The van der Waals surface area contributed by atoms with Gasteiger partial charge in [0.15, 0.2) is 0 Å². The van der Waals surface area contributed by atoms with E-state index in [0.29, 0.717) is 12.0 Å². The van der Waals surface area contributed by atoms with Gasteiger partial charge in [0, 0.05) is 4.47 Å². The van der Waals surface area contributed by atoms with Gasteiger partial charge in [0.05, 0.1) is 13.0 Å². The number of rotatable bonds is 4. The fraction of sp³-hybridized carbons (Fsp3) is 0.462. The number of hydrogen-bond donors (Lipinski definition) is 1. The van der Waals surface area contributed by atoms with Gasteiger partial charge in [-0.25, -0.2) is 0 Å². The van der Waals surface area contributed by atoms with Crippen LogP contribution in [0.2, 0.25) is 0 Å². The number of hydrogen-bond acceptors (Lipinski definition) is 3. The molecule has 0 bridgehead atoms. The second kappa shape index (κ2) is 5.65. The fourth-order valence-electron chi connectivity index (χ4n) is 1.94. The first-order valence-electron chi connectivity index (χ1n) is 5.49. The quantitative estimate of drug-likeness (QED) is 0.870. The monoisotopic (exact) mass is 300 g/mol. The summed E-state index contributed by atoms with van der Waals surface area (Å²) >= 11 is 3.35. The minimum atomic E-state index is -1.23. The minimum Gasteiger partial charge on any atom is -0.469 e. The highest BCUT2D eigenvalue weighted by Gasteiger charge is 2.38. The molecule has 0 spiro atoms. The molecule has 0 aromatic heterocycles. The highest BCUT2D eigenvalue weighted by Crippen LogP contribution is 2.33. The Hall–Kier alpha value is -0.870. The fourth-order valence-corrected chi connectivity index (χ4v) is 2.34. The summed E-state index contributed by atoms with van der Waals surface area (Å²) in [7, 11) is 1.34. The van der Waals surface area contributed by atoms with Gasteiger partial charge in [-0.15, -0.1) is 0 Å². The lowest BCUT2D eigenvalue weighted by Gasteiger charge is -2.30. The summed E-state index contributed by atoms with van der Waals surface area (Å²) in [5, 5.41) is 10.5. The van der Waals surface area contributed by atoms with Gasteiger partial charge < -0.3 is 9.84 Å². The van der Waals surface area contributed by atoms with Crippen molar-refractivity contribution in [3.63, 3.8) is 0 Å². The van der Waals surface area contributed by atoms with Gasteiger partial charge in [-0.2, -0.15) is 0 Å². The summed E-state index contributed by atoms with van der Waals surface area (Å²) in [5.74, 6) is -0.959. The average Bonchev–Trinajstić information content (AvgIpc) is 2.29. The maximum Gasteiger partial charge on any atom is 0.311 e. The minimum absolute atomic E-state index is 0.391. The molecule has 0 radical (unpaired) electrons. The number of carbonyl (C=O) groups is 1. The number of esters is 1. The van der Waals surface area contributed by atoms with Gasteiger partial charge in [0.2, 0.25) is 0 Å². The van der Waals surface area contributed by atoms with E-state index < -0.39 is 17.5 Å². The molecule has 0 aliphatic carbocycles. The first-order valence-corrected chi connectivity index (χ1v) is 6.29. The van der Waals surface area contributed by atoms with Crippen molar-refractivity contribution >= 4 is 21.9 Å². The predicted molar refractivity (Wildman–Crippen MR) is 69.5 cm³/mol. The molecule has 0 amide bonds. The summed E-state index contributed by atoms with van der Waals surface area (Å²) in [6.45, 7) is 3.49. The number of carbonyl (C=O) groups excluding carboxylic acids is 1. The maximum absolute atomic E-state index is 11.7. The second-order valence-electron chi connectivity index (χ2n) is 4.14. The molecule has 0 aliphatic rings. The molecule has 0 saturated carbocycles. The molecular weight excluding hydrogens is 284 g/mol. The lowest BCUT2D eigenvalue weighted by Crippen LogP contribution is -2.37. The largest absolute Gasteiger partial charge is 0.469 e. The number of halogens is 1. The Kier molecular flexibility index (Phi) is 4.71. The van der Waals surface area contributed by atoms with Crippen LogP contribution in [-0.2, 0) is 15.1 Å². The smallest absolute Gasteiger partial charge is 0.311 e. The Bertz CT molecular complexity index is 401. The predicted octanol–water partition coefficient (Wildman–Crippen LogP) is 2.86. The first-order chi connectivity index (χ1) is 7.93. The van der Waals surface area contributed by atoms with Crippen LogP contribution in [0.3, 0.4) is 0 Å². The van der Waals surface area contributed by atoms with E-state index in [-0.39, 0.29) is 0 Å². The molecule has 1 N–H and O–H groups in total. The van der Waals surface area contributed by atoms with Gasteiger partial charge >= 0.3 is 5.97 Å². The van der Waals surface area contributed by atoms with E-state index >= 15 is 0 Å². The standard InChI is InChI=1S/C13H17BrO3/c1-4-11(12(15)17-3)13(2,16)9-6-5-7-10(14)8-9/h5-8,11,16H,4H2,1-3H3. The topological polar surface area (TPSA) is 46.5 Å². The van der Waals surface area contributed by atoms with E-state index in [2.05, 4.69) is 15.9 Å². The molecule has 2 unspecified atom stereocenters. The van der Waals surface area contributed by atoms with E-state index in [0.717, 1.165) is 4.47 Å². The molecule has 0 saturated heterocycles. The molecule has 94 valence electrons. The van der Waals surface area contributed by atoms with E-state index in [4.69, 9.17) is 4.74 Å². The molecular formula is C13H17BrO3. The molecule has 0 heterocycles. The second-order valence-corrected chi connectivity index (χ2v) is 5.06. The van der Waals surface area contributed by atoms with Crippen LogP contribution < -0.4 is 0 Å². The Morgan fingerprint density at radius 1 is 1.59 bits per heavy atom. The van der Waals surface area contributed by atoms with Crippen LogP contribution in [0.5, 0.6) is 0 Å². The van der Waals surface area contributed by atoms with Gasteiger partial charge in [-0.3, -0.25) is 4.79 Å². The molecule has 1 aromatic carbocycles. The summed E-state index contributed by atoms with van der Waals surface area (Å²) in [6, 6.07) is 7.32. The highest BCUT2D eigenvalue weighted by atomic mass is 79.9. The zero-order valence-corrected chi connectivity index (χ0v) is 11.8. The molecule has 0 aliphatic heterocycles. The normalized spacial score (nSPS) is 16.1. The van der Waals surface area contributed by atoms with Crippen molar-refractivity contribution in [3.05, 3.63) is 34.3 Å². The summed E-state index contributed by atoms with van der Waals surface area (Å²) in [6.07, 6.45) is 0.520. The van der Waals surface area contributed by atoms with Gasteiger partial charge in [-0.1, -0.05) is 35.0 Å². The highest BCUT2D eigenvalue weighted by molar-refractivity contribution is 9.10. The van der Waals surface area contributed by atoms with Crippen LogP contribution in [-0.4, -0.2) is 18.2 Å². The maximum atomic E-state index is 11.7. The van der Waals surface area contributed by atoms with Crippen molar-refractivity contribution in [1.82, 2.24) is 0 Å². The van der Waals surface area contributed by atoms with Crippen molar-refractivity contribution in [2.45, 2.75) is 25.9 Å². The van der Waals surface area contributed by atoms with Crippen LogP contribution in [0, 0.1) is 5.92 Å². The van der Waals surface area contributed by atoms with Crippen molar-refractivity contribution in [2.24, 2.45) is 5.92 Å². The van der Waals surface area contributed by atoms with E-state index in [9.17, 15) is 9.90 Å². The number of aliphatic hydroxyl groups is 1. The molecule has 1 rings (SSSR count). The van der Waals surface area contributed by atoms with Crippen LogP contribution in [0.4, 0.5) is 0 Å². The van der Waals surface area contributed by atoms with Crippen molar-refractivity contribution < 1.29 is 14.6 Å².